The van der Waals surface area contributed by atoms with E-state index in [0.717, 1.165) is 33.3 Å². The van der Waals surface area contributed by atoms with Gasteiger partial charge < -0.3 is 4.42 Å². The summed E-state index contributed by atoms with van der Waals surface area (Å²) >= 11 is 1.37. The molecule has 7 heteroatoms. The Labute approximate surface area is 196 Å². The van der Waals surface area contributed by atoms with Crippen molar-refractivity contribution in [3.8, 4) is 17.1 Å². The normalized spacial score (nSPS) is 12.4. The summed E-state index contributed by atoms with van der Waals surface area (Å²) in [6.45, 7) is 0. The molecule has 0 amide bonds. The maximum Gasteiger partial charge on any atom is 0.274 e. The molecule has 4 heterocycles. The first-order valence-electron chi connectivity index (χ1n) is 10.8. The Morgan fingerprint density at radius 3 is 2.59 bits per heavy atom. The number of hydrogen-bond acceptors (Lipinski definition) is 5. The zero-order chi connectivity index (χ0) is 22.6. The molecular formula is C27H16N4O2S. The average molecular weight is 461 g/mol. The van der Waals surface area contributed by atoms with Crippen LogP contribution in [-0.2, 0) is 0 Å². The Balaban J connectivity index is 1.47. The van der Waals surface area contributed by atoms with Crippen LogP contribution in [0.3, 0.4) is 0 Å². The van der Waals surface area contributed by atoms with Gasteiger partial charge in [0.05, 0.1) is 21.3 Å². The summed E-state index contributed by atoms with van der Waals surface area (Å²) in [5.74, 6) is 0.654. The highest BCUT2D eigenvalue weighted by Gasteiger charge is 2.17. The molecule has 6 nitrogen and oxygen atoms in total. The molecule has 0 aliphatic carbocycles. The Kier molecular flexibility index (Phi) is 4.06. The fourth-order valence-electron chi connectivity index (χ4n) is 4.25. The molecule has 3 aromatic carbocycles. The first-order chi connectivity index (χ1) is 16.7. The molecule has 0 atom stereocenters. The number of fused-ring (bicyclic) bond motifs is 4. The molecule has 0 unspecified atom stereocenters. The van der Waals surface area contributed by atoms with Crippen molar-refractivity contribution in [1.29, 1.82) is 0 Å². The number of furan rings is 1. The van der Waals surface area contributed by atoms with Crippen molar-refractivity contribution in [1.82, 2.24) is 19.2 Å². The average Bonchev–Trinajstić information content (AvgIpc) is 3.62. The van der Waals surface area contributed by atoms with E-state index >= 15 is 0 Å². The standard InChI is InChI=1S/C27H16N4O2S/c32-26-24(34-27-28-20-11-5-6-12-21(20)31(26)27)15-18-16-30(19-9-2-1-3-10-19)29-25(18)23-14-17-8-4-7-13-22(17)33-23/h1-16H/b24-15-. The van der Waals surface area contributed by atoms with Gasteiger partial charge in [0.15, 0.2) is 10.7 Å². The van der Waals surface area contributed by atoms with E-state index in [2.05, 4.69) is 4.98 Å². The van der Waals surface area contributed by atoms with Crippen LogP contribution in [0.5, 0.6) is 0 Å². The molecule has 4 aromatic heterocycles. The largest absolute Gasteiger partial charge is 0.454 e. The van der Waals surface area contributed by atoms with E-state index in [9.17, 15) is 4.79 Å². The number of hydrogen-bond donors (Lipinski definition) is 0. The Morgan fingerprint density at radius 2 is 1.71 bits per heavy atom. The van der Waals surface area contributed by atoms with Crippen molar-refractivity contribution in [2.75, 3.05) is 0 Å². The van der Waals surface area contributed by atoms with Gasteiger partial charge in [-0.2, -0.15) is 5.10 Å². The summed E-state index contributed by atoms with van der Waals surface area (Å²) < 4.78 is 10.2. The van der Waals surface area contributed by atoms with Gasteiger partial charge >= 0.3 is 0 Å². The highest BCUT2D eigenvalue weighted by Crippen LogP contribution is 2.30. The lowest BCUT2D eigenvalue weighted by Gasteiger charge is -1.98. The second kappa shape index (κ2) is 7.26. The minimum absolute atomic E-state index is 0.0864. The van der Waals surface area contributed by atoms with Crippen molar-refractivity contribution in [3.63, 3.8) is 0 Å². The third kappa shape index (κ3) is 2.91. The zero-order valence-corrected chi connectivity index (χ0v) is 18.6. The van der Waals surface area contributed by atoms with Crippen LogP contribution in [0.25, 0.3) is 50.2 Å². The van der Waals surface area contributed by atoms with E-state index in [4.69, 9.17) is 9.52 Å². The molecule has 0 spiro atoms. The monoisotopic (exact) mass is 460 g/mol. The van der Waals surface area contributed by atoms with Crippen molar-refractivity contribution >= 4 is 44.4 Å². The summed E-state index contributed by atoms with van der Waals surface area (Å²) in [6.07, 6.45) is 3.81. The minimum atomic E-state index is -0.0864. The summed E-state index contributed by atoms with van der Waals surface area (Å²) in [4.78, 5) is 18.6. The maximum atomic E-state index is 13.3. The molecule has 0 saturated heterocycles. The number of nitrogens with zero attached hydrogens (tertiary/aromatic N) is 4. The minimum Gasteiger partial charge on any atom is -0.454 e. The van der Waals surface area contributed by atoms with Gasteiger partial charge in [-0.25, -0.2) is 14.1 Å². The zero-order valence-electron chi connectivity index (χ0n) is 17.8. The number of benzene rings is 3. The van der Waals surface area contributed by atoms with Crippen molar-refractivity contribution in [3.05, 3.63) is 112 Å². The molecule has 0 saturated carbocycles. The lowest BCUT2D eigenvalue weighted by atomic mass is 10.2. The molecular weight excluding hydrogens is 444 g/mol. The van der Waals surface area contributed by atoms with Gasteiger partial charge in [0.2, 0.25) is 0 Å². The topological polar surface area (TPSA) is 65.3 Å². The SMILES string of the molecule is O=c1/c(=C/c2cn(-c3ccccc3)nc2-c2cc3ccccc3o2)sc2nc3ccccc3n12. The van der Waals surface area contributed by atoms with Gasteiger partial charge in [0, 0.05) is 17.1 Å². The van der Waals surface area contributed by atoms with E-state index in [1.54, 1.807) is 4.40 Å². The number of para-hydroxylation sites is 4. The summed E-state index contributed by atoms with van der Waals surface area (Å²) in [6, 6.07) is 27.4. The molecule has 34 heavy (non-hydrogen) atoms. The van der Waals surface area contributed by atoms with E-state index in [0.29, 0.717) is 20.9 Å². The van der Waals surface area contributed by atoms with Crippen molar-refractivity contribution in [2.24, 2.45) is 0 Å². The van der Waals surface area contributed by atoms with Crippen LogP contribution in [0, 0.1) is 0 Å². The van der Waals surface area contributed by atoms with Crippen LogP contribution in [0.15, 0.2) is 100 Å². The Hall–Kier alpha value is -4.49. The van der Waals surface area contributed by atoms with E-state index in [-0.39, 0.29) is 5.56 Å². The third-order valence-electron chi connectivity index (χ3n) is 5.85. The first-order valence-corrected chi connectivity index (χ1v) is 11.6. The van der Waals surface area contributed by atoms with Gasteiger partial charge in [-0.1, -0.05) is 59.9 Å². The number of aromatic nitrogens is 4. The quantitative estimate of drug-likeness (QED) is 0.370. The molecule has 0 bridgehead atoms. The molecule has 0 aliphatic rings. The number of imidazole rings is 1. The Bertz CT molecular complexity index is 1910. The van der Waals surface area contributed by atoms with Gasteiger partial charge in [-0.05, 0) is 42.5 Å². The second-order valence-corrected chi connectivity index (χ2v) is 9.01. The second-order valence-electron chi connectivity index (χ2n) is 8.00. The van der Waals surface area contributed by atoms with E-state index in [1.165, 1.54) is 11.3 Å². The molecule has 7 aromatic rings. The van der Waals surface area contributed by atoms with Crippen LogP contribution < -0.4 is 10.1 Å². The molecule has 0 radical (unpaired) electrons. The van der Waals surface area contributed by atoms with E-state index in [1.807, 2.05) is 102 Å². The van der Waals surface area contributed by atoms with Gasteiger partial charge in [-0.15, -0.1) is 0 Å². The lowest BCUT2D eigenvalue weighted by Crippen LogP contribution is -2.22. The van der Waals surface area contributed by atoms with Crippen molar-refractivity contribution in [2.45, 2.75) is 0 Å². The first kappa shape index (κ1) is 19.0. The van der Waals surface area contributed by atoms with Crippen LogP contribution in [0.4, 0.5) is 0 Å². The van der Waals surface area contributed by atoms with E-state index < -0.39 is 0 Å². The summed E-state index contributed by atoms with van der Waals surface area (Å²) in [5.41, 5.74) is 4.74. The molecule has 162 valence electrons. The molecule has 0 fully saturated rings. The lowest BCUT2D eigenvalue weighted by molar-refractivity contribution is 0.627. The highest BCUT2D eigenvalue weighted by molar-refractivity contribution is 7.15. The van der Waals surface area contributed by atoms with Crippen LogP contribution in [0.2, 0.25) is 0 Å². The van der Waals surface area contributed by atoms with Gasteiger partial charge in [0.1, 0.15) is 11.3 Å². The fraction of sp³-hybridized carbons (Fsp3) is 0. The molecule has 0 aliphatic heterocycles. The number of thiazole rings is 1. The van der Waals surface area contributed by atoms with Crippen LogP contribution >= 0.6 is 11.3 Å². The predicted molar refractivity (Wildman–Crippen MR) is 134 cm³/mol. The molecule has 0 N–H and O–H groups in total. The molecule has 7 rings (SSSR count). The fourth-order valence-corrected chi connectivity index (χ4v) is 5.23. The van der Waals surface area contributed by atoms with Gasteiger partial charge in [-0.3, -0.25) is 4.79 Å². The highest BCUT2D eigenvalue weighted by atomic mass is 32.1. The summed E-state index contributed by atoms with van der Waals surface area (Å²) in [7, 11) is 0. The van der Waals surface area contributed by atoms with Gasteiger partial charge in [0.25, 0.3) is 5.56 Å². The Morgan fingerprint density at radius 1 is 0.912 bits per heavy atom. The maximum absolute atomic E-state index is 13.3. The predicted octanol–water partition coefficient (Wildman–Crippen LogP) is 5.06. The summed E-state index contributed by atoms with van der Waals surface area (Å²) in [5, 5.41) is 5.84. The third-order valence-corrected chi connectivity index (χ3v) is 6.82. The van der Waals surface area contributed by atoms with Crippen LogP contribution in [-0.4, -0.2) is 19.2 Å². The smallest absolute Gasteiger partial charge is 0.274 e. The van der Waals surface area contributed by atoms with Crippen molar-refractivity contribution < 1.29 is 4.42 Å². The number of rotatable bonds is 3. The van der Waals surface area contributed by atoms with Crippen LogP contribution in [0.1, 0.15) is 5.56 Å².